The van der Waals surface area contributed by atoms with Crippen molar-refractivity contribution in [3.8, 4) is 0 Å². The molecule has 2 aromatic heterocycles. The summed E-state index contributed by atoms with van der Waals surface area (Å²) < 4.78 is 3.80. The zero-order valence-electron chi connectivity index (χ0n) is 16.5. The van der Waals surface area contributed by atoms with Gasteiger partial charge < -0.3 is 9.47 Å². The molecule has 0 radical (unpaired) electrons. The molecule has 8 nitrogen and oxygen atoms in total. The van der Waals surface area contributed by atoms with Crippen molar-refractivity contribution >= 4 is 27.8 Å². The van der Waals surface area contributed by atoms with Gasteiger partial charge in [0.2, 0.25) is 5.91 Å². The Hall–Kier alpha value is -3.68. The SMILES string of the molecule is CN(Cc1cccc2ccccc12)C(=O)Cn1c(=O)c2c(ncn2C)n(C)c1=O. The summed E-state index contributed by atoms with van der Waals surface area (Å²) in [5.74, 6) is -0.321. The van der Waals surface area contributed by atoms with Crippen LogP contribution < -0.4 is 11.2 Å². The van der Waals surface area contributed by atoms with E-state index in [4.69, 9.17) is 0 Å². The molecule has 0 spiro atoms. The largest absolute Gasteiger partial charge is 0.340 e. The van der Waals surface area contributed by atoms with Crippen molar-refractivity contribution in [1.82, 2.24) is 23.6 Å². The molecule has 2 heterocycles. The Labute approximate surface area is 166 Å². The fourth-order valence-corrected chi connectivity index (χ4v) is 3.57. The maximum Gasteiger partial charge on any atom is 0.332 e. The number of likely N-dealkylation sites (N-methyl/N-ethyl adjacent to an activating group) is 1. The van der Waals surface area contributed by atoms with E-state index < -0.39 is 11.2 Å². The summed E-state index contributed by atoms with van der Waals surface area (Å²) in [5.41, 5.74) is 0.510. The van der Waals surface area contributed by atoms with Crippen LogP contribution in [0.15, 0.2) is 58.4 Å². The fourth-order valence-electron chi connectivity index (χ4n) is 3.57. The van der Waals surface area contributed by atoms with E-state index in [1.54, 1.807) is 18.7 Å². The summed E-state index contributed by atoms with van der Waals surface area (Å²) in [7, 11) is 4.89. The smallest absolute Gasteiger partial charge is 0.332 e. The lowest BCUT2D eigenvalue weighted by Crippen LogP contribution is -2.43. The van der Waals surface area contributed by atoms with E-state index in [1.807, 2.05) is 42.5 Å². The fraction of sp³-hybridized carbons (Fsp3) is 0.238. The number of benzene rings is 2. The summed E-state index contributed by atoms with van der Waals surface area (Å²) in [6, 6.07) is 13.9. The van der Waals surface area contributed by atoms with Crippen molar-refractivity contribution in [3.05, 3.63) is 75.2 Å². The van der Waals surface area contributed by atoms with Crippen LogP contribution in [-0.2, 0) is 32.0 Å². The minimum absolute atomic E-state index is 0.289. The minimum atomic E-state index is -0.562. The Kier molecular flexibility index (Phi) is 4.54. The Bertz CT molecular complexity index is 1360. The summed E-state index contributed by atoms with van der Waals surface area (Å²) in [6.07, 6.45) is 1.48. The van der Waals surface area contributed by atoms with Gasteiger partial charge in [0.15, 0.2) is 11.2 Å². The molecule has 0 N–H and O–H groups in total. The summed E-state index contributed by atoms with van der Waals surface area (Å²) in [6.45, 7) is 0.0527. The Morgan fingerprint density at radius 3 is 2.59 bits per heavy atom. The number of amides is 1. The van der Waals surface area contributed by atoms with Crippen LogP contribution in [0, 0.1) is 0 Å². The average Bonchev–Trinajstić information content (AvgIpc) is 3.11. The van der Waals surface area contributed by atoms with Gasteiger partial charge in [0.05, 0.1) is 6.33 Å². The van der Waals surface area contributed by atoms with Crippen molar-refractivity contribution in [1.29, 1.82) is 0 Å². The molecule has 0 unspecified atom stereocenters. The number of hydrogen-bond acceptors (Lipinski definition) is 4. The first-order valence-corrected chi connectivity index (χ1v) is 9.20. The van der Waals surface area contributed by atoms with E-state index in [1.165, 1.54) is 22.8 Å². The molecule has 148 valence electrons. The van der Waals surface area contributed by atoms with Gasteiger partial charge in [-0.05, 0) is 16.3 Å². The van der Waals surface area contributed by atoms with Gasteiger partial charge in [0, 0.05) is 27.7 Å². The lowest BCUT2D eigenvalue weighted by atomic mass is 10.0. The van der Waals surface area contributed by atoms with Crippen molar-refractivity contribution in [2.75, 3.05) is 7.05 Å². The van der Waals surface area contributed by atoms with Crippen LogP contribution in [0.25, 0.3) is 21.9 Å². The molecule has 0 aliphatic carbocycles. The van der Waals surface area contributed by atoms with Gasteiger partial charge >= 0.3 is 5.69 Å². The molecule has 29 heavy (non-hydrogen) atoms. The number of aryl methyl sites for hydroxylation is 2. The topological polar surface area (TPSA) is 82.1 Å². The normalized spacial score (nSPS) is 11.3. The molecule has 1 amide bonds. The summed E-state index contributed by atoms with van der Waals surface area (Å²) in [5, 5.41) is 2.16. The molecule has 4 aromatic rings. The highest BCUT2D eigenvalue weighted by atomic mass is 16.2. The Morgan fingerprint density at radius 2 is 1.79 bits per heavy atom. The highest BCUT2D eigenvalue weighted by Gasteiger charge is 2.19. The number of carbonyl (C=O) groups is 1. The summed E-state index contributed by atoms with van der Waals surface area (Å²) >= 11 is 0. The van der Waals surface area contributed by atoms with E-state index in [0.717, 1.165) is 20.9 Å². The lowest BCUT2D eigenvalue weighted by molar-refractivity contribution is -0.131. The molecule has 0 bridgehead atoms. The second-order valence-electron chi connectivity index (χ2n) is 7.15. The molecular weight excluding hydrogens is 370 g/mol. The first-order chi connectivity index (χ1) is 13.9. The van der Waals surface area contributed by atoms with Gasteiger partial charge in [-0.2, -0.15) is 0 Å². The molecule has 4 rings (SSSR count). The van der Waals surface area contributed by atoms with Crippen LogP contribution in [0.2, 0.25) is 0 Å². The lowest BCUT2D eigenvalue weighted by Gasteiger charge is -2.19. The van der Waals surface area contributed by atoms with Crippen LogP contribution in [0.5, 0.6) is 0 Å². The van der Waals surface area contributed by atoms with Crippen LogP contribution >= 0.6 is 0 Å². The van der Waals surface area contributed by atoms with Crippen LogP contribution in [0.1, 0.15) is 5.56 Å². The number of rotatable bonds is 4. The third-order valence-electron chi connectivity index (χ3n) is 5.21. The van der Waals surface area contributed by atoms with Crippen LogP contribution in [0.3, 0.4) is 0 Å². The third kappa shape index (κ3) is 3.12. The number of aromatic nitrogens is 4. The molecule has 8 heteroatoms. The number of fused-ring (bicyclic) bond motifs is 2. The predicted molar refractivity (Wildman–Crippen MR) is 111 cm³/mol. The molecule has 2 aromatic carbocycles. The molecule has 0 fully saturated rings. The zero-order valence-corrected chi connectivity index (χ0v) is 16.5. The van der Waals surface area contributed by atoms with E-state index in [0.29, 0.717) is 12.2 Å². The first-order valence-electron chi connectivity index (χ1n) is 9.20. The molecule has 0 atom stereocenters. The van der Waals surface area contributed by atoms with Crippen LogP contribution in [0.4, 0.5) is 0 Å². The van der Waals surface area contributed by atoms with Crippen LogP contribution in [-0.4, -0.2) is 36.5 Å². The molecule has 0 aliphatic rings. The average molecular weight is 391 g/mol. The van der Waals surface area contributed by atoms with Gasteiger partial charge in [-0.15, -0.1) is 0 Å². The number of nitrogens with zero attached hydrogens (tertiary/aromatic N) is 5. The first kappa shape index (κ1) is 18.7. The van der Waals surface area contributed by atoms with Gasteiger partial charge in [-0.1, -0.05) is 42.5 Å². The minimum Gasteiger partial charge on any atom is -0.340 e. The Morgan fingerprint density at radius 1 is 1.07 bits per heavy atom. The monoisotopic (exact) mass is 391 g/mol. The van der Waals surface area contributed by atoms with Gasteiger partial charge in [-0.3, -0.25) is 14.2 Å². The van der Waals surface area contributed by atoms with Crippen molar-refractivity contribution < 1.29 is 4.79 Å². The molecule has 0 aliphatic heterocycles. The number of carbonyl (C=O) groups excluding carboxylic acids is 1. The summed E-state index contributed by atoms with van der Waals surface area (Å²) in [4.78, 5) is 43.9. The molecule has 0 saturated carbocycles. The van der Waals surface area contributed by atoms with E-state index in [9.17, 15) is 14.4 Å². The number of imidazole rings is 1. The molecule has 0 saturated heterocycles. The highest BCUT2D eigenvalue weighted by molar-refractivity contribution is 5.86. The Balaban J connectivity index is 1.65. The van der Waals surface area contributed by atoms with E-state index in [-0.39, 0.29) is 18.0 Å². The van der Waals surface area contributed by atoms with Crippen molar-refractivity contribution in [3.63, 3.8) is 0 Å². The predicted octanol–water partition coefficient (Wildman–Crippen LogP) is 1.25. The maximum absolute atomic E-state index is 12.8. The van der Waals surface area contributed by atoms with Crippen molar-refractivity contribution in [2.45, 2.75) is 13.1 Å². The second kappa shape index (κ2) is 7.05. The van der Waals surface area contributed by atoms with E-state index >= 15 is 0 Å². The van der Waals surface area contributed by atoms with Gasteiger partial charge in [0.1, 0.15) is 6.54 Å². The third-order valence-corrected chi connectivity index (χ3v) is 5.21. The van der Waals surface area contributed by atoms with Crippen molar-refractivity contribution in [2.24, 2.45) is 14.1 Å². The van der Waals surface area contributed by atoms with Gasteiger partial charge in [0.25, 0.3) is 5.56 Å². The van der Waals surface area contributed by atoms with Gasteiger partial charge in [-0.25, -0.2) is 14.3 Å². The van der Waals surface area contributed by atoms with E-state index in [2.05, 4.69) is 4.98 Å². The maximum atomic E-state index is 12.8. The molecular formula is C21H21N5O3. The number of hydrogen-bond donors (Lipinski definition) is 0. The highest BCUT2D eigenvalue weighted by Crippen LogP contribution is 2.19. The standard InChI is InChI=1S/C21H21N5O3/c1-23(11-15-9-6-8-14-7-4-5-10-16(14)15)17(27)12-26-20(28)18-19(22-13-24(18)2)25(3)21(26)29/h4-10,13H,11-12H2,1-3H3. The quantitative estimate of drug-likeness (QED) is 0.524. The zero-order chi connectivity index (χ0) is 20.7. The second-order valence-corrected chi connectivity index (χ2v) is 7.15.